The summed E-state index contributed by atoms with van der Waals surface area (Å²) in [5.41, 5.74) is -0.0275. The van der Waals surface area contributed by atoms with E-state index in [0.29, 0.717) is 28.8 Å². The average Bonchev–Trinajstić information content (AvgIpc) is 2.75. The topological polar surface area (TPSA) is 88.8 Å². The molecule has 2 atom stereocenters. The SMILES string of the molecule is CC[C@H](C)C(O)n1cc(C(=O)O)c(=O)c2cc(Cc3cccc(Cl)c3F)c(OC)cc21. The number of benzene rings is 2. The first-order chi connectivity index (χ1) is 14.7. The van der Waals surface area contributed by atoms with Gasteiger partial charge in [-0.1, -0.05) is 37.6 Å². The fourth-order valence-corrected chi connectivity index (χ4v) is 3.69. The quantitative estimate of drug-likeness (QED) is 0.551. The minimum Gasteiger partial charge on any atom is -0.496 e. The predicted octanol–water partition coefficient (Wildman–Crippen LogP) is 4.63. The third-order valence-electron chi connectivity index (χ3n) is 5.52. The lowest BCUT2D eigenvalue weighted by molar-refractivity contribution is 0.0501. The van der Waals surface area contributed by atoms with Crippen LogP contribution in [0.3, 0.4) is 0 Å². The van der Waals surface area contributed by atoms with Crippen molar-refractivity contribution in [1.82, 2.24) is 4.57 Å². The van der Waals surface area contributed by atoms with Crippen LogP contribution in [-0.2, 0) is 6.42 Å². The highest BCUT2D eigenvalue weighted by Gasteiger charge is 2.23. The van der Waals surface area contributed by atoms with Crippen molar-refractivity contribution >= 4 is 28.5 Å². The summed E-state index contributed by atoms with van der Waals surface area (Å²) in [4.78, 5) is 24.6. The number of carboxylic acid groups (broad SMARTS) is 1. The number of carboxylic acids is 1. The van der Waals surface area contributed by atoms with Gasteiger partial charge in [-0.25, -0.2) is 9.18 Å². The molecule has 1 heterocycles. The number of hydrogen-bond donors (Lipinski definition) is 2. The summed E-state index contributed by atoms with van der Waals surface area (Å²) >= 11 is 5.88. The van der Waals surface area contributed by atoms with Crippen LogP contribution in [0.4, 0.5) is 4.39 Å². The molecule has 1 unspecified atom stereocenters. The molecule has 2 aromatic carbocycles. The van der Waals surface area contributed by atoms with Gasteiger partial charge >= 0.3 is 5.97 Å². The normalized spacial score (nSPS) is 13.2. The zero-order chi connectivity index (χ0) is 22.9. The van der Waals surface area contributed by atoms with E-state index in [1.54, 1.807) is 18.2 Å². The van der Waals surface area contributed by atoms with Gasteiger partial charge in [0.1, 0.15) is 23.4 Å². The highest BCUT2D eigenvalue weighted by atomic mass is 35.5. The van der Waals surface area contributed by atoms with Crippen LogP contribution in [0, 0.1) is 11.7 Å². The molecule has 0 aliphatic carbocycles. The first-order valence-electron chi connectivity index (χ1n) is 9.79. The second-order valence-electron chi connectivity index (χ2n) is 7.45. The van der Waals surface area contributed by atoms with Gasteiger partial charge in [-0.05, 0) is 29.7 Å². The molecule has 8 heteroatoms. The Morgan fingerprint density at radius 2 is 2.00 bits per heavy atom. The number of aromatic nitrogens is 1. The van der Waals surface area contributed by atoms with Crippen LogP contribution in [0.15, 0.2) is 41.3 Å². The molecule has 3 aromatic rings. The van der Waals surface area contributed by atoms with Gasteiger partial charge in [0.15, 0.2) is 0 Å². The van der Waals surface area contributed by atoms with Crippen LogP contribution in [-0.4, -0.2) is 27.9 Å². The Kier molecular flexibility index (Phi) is 6.67. The largest absolute Gasteiger partial charge is 0.496 e. The first kappa shape index (κ1) is 22.8. The smallest absolute Gasteiger partial charge is 0.341 e. The molecule has 0 fully saturated rings. The second-order valence-corrected chi connectivity index (χ2v) is 7.86. The van der Waals surface area contributed by atoms with Crippen molar-refractivity contribution < 1.29 is 24.1 Å². The van der Waals surface area contributed by atoms with E-state index in [2.05, 4.69) is 0 Å². The third-order valence-corrected chi connectivity index (χ3v) is 5.81. The molecule has 0 spiro atoms. The highest BCUT2D eigenvalue weighted by molar-refractivity contribution is 6.30. The summed E-state index contributed by atoms with van der Waals surface area (Å²) in [6, 6.07) is 7.68. The van der Waals surface area contributed by atoms with Gasteiger partial charge in [-0.2, -0.15) is 0 Å². The fraction of sp³-hybridized carbons (Fsp3) is 0.304. The molecule has 2 N–H and O–H groups in total. The van der Waals surface area contributed by atoms with Gasteiger partial charge in [0.2, 0.25) is 5.43 Å². The van der Waals surface area contributed by atoms with Crippen molar-refractivity contribution in [2.45, 2.75) is 32.9 Å². The lowest BCUT2D eigenvalue weighted by Gasteiger charge is -2.24. The van der Waals surface area contributed by atoms with Gasteiger partial charge in [0.25, 0.3) is 0 Å². The fourth-order valence-electron chi connectivity index (χ4n) is 3.50. The van der Waals surface area contributed by atoms with Crippen LogP contribution in [0.5, 0.6) is 5.75 Å². The van der Waals surface area contributed by atoms with E-state index >= 15 is 0 Å². The van der Waals surface area contributed by atoms with Crippen LogP contribution in [0.2, 0.25) is 5.02 Å². The number of ether oxygens (including phenoxy) is 1. The maximum atomic E-state index is 14.4. The number of nitrogens with zero attached hydrogens (tertiary/aromatic N) is 1. The van der Waals surface area contributed by atoms with Crippen molar-refractivity contribution in [3.63, 3.8) is 0 Å². The number of halogens is 2. The highest BCUT2D eigenvalue weighted by Crippen LogP contribution is 2.31. The van der Waals surface area contributed by atoms with E-state index in [1.807, 2.05) is 13.8 Å². The van der Waals surface area contributed by atoms with Crippen LogP contribution in [0.1, 0.15) is 48.0 Å². The monoisotopic (exact) mass is 447 g/mol. The van der Waals surface area contributed by atoms with Gasteiger partial charge in [0, 0.05) is 30.0 Å². The van der Waals surface area contributed by atoms with E-state index in [9.17, 15) is 24.2 Å². The molecule has 0 amide bonds. The summed E-state index contributed by atoms with van der Waals surface area (Å²) in [5.74, 6) is -1.79. The van der Waals surface area contributed by atoms with E-state index in [-0.39, 0.29) is 22.7 Å². The van der Waals surface area contributed by atoms with E-state index in [0.717, 1.165) is 6.20 Å². The molecule has 0 aliphatic rings. The van der Waals surface area contributed by atoms with Gasteiger partial charge in [-0.15, -0.1) is 0 Å². The third kappa shape index (κ3) is 4.29. The molecule has 6 nitrogen and oxygen atoms in total. The number of methoxy groups -OCH3 is 1. The van der Waals surface area contributed by atoms with Crippen molar-refractivity contribution in [3.8, 4) is 5.75 Å². The molecule has 0 bridgehead atoms. The zero-order valence-electron chi connectivity index (χ0n) is 17.4. The van der Waals surface area contributed by atoms with E-state index < -0.39 is 29.0 Å². The summed E-state index contributed by atoms with van der Waals surface area (Å²) in [6.07, 6.45) is 0.822. The number of rotatable bonds is 7. The molecule has 0 saturated carbocycles. The van der Waals surface area contributed by atoms with Crippen LogP contribution < -0.4 is 10.2 Å². The molecule has 164 valence electrons. The van der Waals surface area contributed by atoms with Crippen molar-refractivity contribution in [2.75, 3.05) is 7.11 Å². The number of hydrogen-bond acceptors (Lipinski definition) is 4. The number of pyridine rings is 1. The first-order valence-corrected chi connectivity index (χ1v) is 10.2. The Hall–Kier alpha value is -2.90. The summed E-state index contributed by atoms with van der Waals surface area (Å²) in [7, 11) is 1.44. The number of carbonyl (C=O) groups is 1. The zero-order valence-corrected chi connectivity index (χ0v) is 18.1. The Morgan fingerprint density at radius 3 is 2.61 bits per heavy atom. The standard InChI is InChI=1S/C23H23ClFNO5/c1-4-12(2)22(28)26-11-16(23(29)30)21(27)15-9-14(19(31-3)10-18(15)26)8-13-6-5-7-17(24)20(13)25/h5-7,9-12,22,28H,4,8H2,1-3H3,(H,29,30)/t12-,22?/m0/s1. The molecule has 0 radical (unpaired) electrons. The van der Waals surface area contributed by atoms with Gasteiger partial charge in [0.05, 0.1) is 17.6 Å². The Balaban J connectivity index is 2.30. The van der Waals surface area contributed by atoms with Gasteiger partial charge < -0.3 is 19.5 Å². The Labute approximate surface area is 183 Å². The maximum absolute atomic E-state index is 14.4. The summed E-state index contributed by atoms with van der Waals surface area (Å²) in [5, 5.41) is 20.4. The lowest BCUT2D eigenvalue weighted by atomic mass is 9.99. The molecule has 0 saturated heterocycles. The van der Waals surface area contributed by atoms with Crippen molar-refractivity contribution in [1.29, 1.82) is 0 Å². The number of aliphatic hydroxyl groups excluding tert-OH is 1. The minimum absolute atomic E-state index is 0.0237. The molecule has 3 rings (SSSR count). The van der Waals surface area contributed by atoms with Crippen LogP contribution >= 0.6 is 11.6 Å². The van der Waals surface area contributed by atoms with E-state index in [1.165, 1.54) is 23.8 Å². The predicted molar refractivity (Wildman–Crippen MR) is 117 cm³/mol. The molecule has 1 aromatic heterocycles. The van der Waals surface area contributed by atoms with E-state index in [4.69, 9.17) is 16.3 Å². The molecule has 0 aliphatic heterocycles. The summed E-state index contributed by atoms with van der Waals surface area (Å²) < 4.78 is 21.3. The number of fused-ring (bicyclic) bond motifs is 1. The Morgan fingerprint density at radius 1 is 1.29 bits per heavy atom. The maximum Gasteiger partial charge on any atom is 0.341 e. The molecular formula is C23H23ClFNO5. The average molecular weight is 448 g/mol. The second kappa shape index (κ2) is 9.08. The lowest BCUT2D eigenvalue weighted by Crippen LogP contribution is -2.24. The minimum atomic E-state index is -1.39. The molecule has 31 heavy (non-hydrogen) atoms. The van der Waals surface area contributed by atoms with Crippen molar-refractivity contribution in [3.05, 3.63) is 74.3 Å². The van der Waals surface area contributed by atoms with Gasteiger partial charge in [-0.3, -0.25) is 4.79 Å². The number of aromatic carboxylic acids is 1. The number of aliphatic hydroxyl groups is 1. The van der Waals surface area contributed by atoms with Crippen molar-refractivity contribution in [2.24, 2.45) is 5.92 Å². The van der Waals surface area contributed by atoms with Crippen LogP contribution in [0.25, 0.3) is 10.9 Å². The summed E-state index contributed by atoms with van der Waals surface area (Å²) in [6.45, 7) is 3.72. The Bertz CT molecular complexity index is 1210. The molecular weight excluding hydrogens is 425 g/mol.